The van der Waals surface area contributed by atoms with E-state index in [1.54, 1.807) is 48.2 Å². The first-order valence-corrected chi connectivity index (χ1v) is 9.03. The minimum Gasteiger partial charge on any atom is -0.479 e. The molecule has 27 heavy (non-hydrogen) atoms. The van der Waals surface area contributed by atoms with Crippen molar-refractivity contribution in [2.75, 3.05) is 31.1 Å². The molecule has 1 atom stereocenters. The number of anilines is 1. The minimum absolute atomic E-state index is 0.0677. The fourth-order valence-electron chi connectivity index (χ4n) is 3.01. The maximum absolute atomic E-state index is 12.6. The van der Waals surface area contributed by atoms with E-state index in [0.29, 0.717) is 37.0 Å². The van der Waals surface area contributed by atoms with Crippen LogP contribution in [0.4, 0.5) is 11.4 Å². The summed E-state index contributed by atoms with van der Waals surface area (Å²) in [5, 5.41) is 11.2. The van der Waals surface area contributed by atoms with Gasteiger partial charge >= 0.3 is 0 Å². The van der Waals surface area contributed by atoms with Crippen LogP contribution in [0.25, 0.3) is 0 Å². The van der Waals surface area contributed by atoms with Crippen LogP contribution in [0.3, 0.4) is 0 Å². The van der Waals surface area contributed by atoms with Gasteiger partial charge in [-0.05, 0) is 31.2 Å². The maximum atomic E-state index is 12.6. The summed E-state index contributed by atoms with van der Waals surface area (Å²) in [7, 11) is 0. The topological polar surface area (TPSA) is 75.9 Å². The monoisotopic (exact) mass is 389 g/mol. The molecule has 1 saturated heterocycles. The summed E-state index contributed by atoms with van der Waals surface area (Å²) in [5.74, 6) is 0.405. The number of hydrogen-bond acceptors (Lipinski definition) is 5. The van der Waals surface area contributed by atoms with Gasteiger partial charge in [-0.2, -0.15) is 0 Å². The highest BCUT2D eigenvalue weighted by Gasteiger charge is 2.26. The van der Waals surface area contributed by atoms with Gasteiger partial charge in [-0.1, -0.05) is 23.7 Å². The summed E-state index contributed by atoms with van der Waals surface area (Å²) >= 11 is 6.08. The van der Waals surface area contributed by atoms with Crippen LogP contribution in [0.5, 0.6) is 5.75 Å². The Balaban J connectivity index is 1.55. The highest BCUT2D eigenvalue weighted by Crippen LogP contribution is 2.25. The van der Waals surface area contributed by atoms with E-state index in [1.807, 2.05) is 0 Å². The first kappa shape index (κ1) is 19.0. The zero-order chi connectivity index (χ0) is 19.4. The number of nitro benzene ring substituents is 1. The first-order chi connectivity index (χ1) is 13.0. The first-order valence-electron chi connectivity index (χ1n) is 8.65. The summed E-state index contributed by atoms with van der Waals surface area (Å²) in [5.41, 5.74) is 0.978. The van der Waals surface area contributed by atoms with Crippen molar-refractivity contribution < 1.29 is 14.5 Å². The Morgan fingerprint density at radius 2 is 1.74 bits per heavy atom. The molecule has 0 N–H and O–H groups in total. The van der Waals surface area contributed by atoms with E-state index in [1.165, 1.54) is 12.1 Å². The molecule has 3 rings (SSSR count). The highest BCUT2D eigenvalue weighted by atomic mass is 35.5. The number of benzene rings is 2. The Morgan fingerprint density at radius 1 is 1.11 bits per heavy atom. The Bertz CT molecular complexity index is 820. The summed E-state index contributed by atoms with van der Waals surface area (Å²) in [6.07, 6.45) is -0.629. The predicted octanol–water partition coefficient (Wildman–Crippen LogP) is 3.36. The number of carbonyl (C=O) groups is 1. The van der Waals surface area contributed by atoms with Gasteiger partial charge in [0.25, 0.3) is 11.6 Å². The fraction of sp³-hybridized carbons (Fsp3) is 0.316. The van der Waals surface area contributed by atoms with Crippen LogP contribution in [0.2, 0.25) is 5.02 Å². The number of amides is 1. The highest BCUT2D eigenvalue weighted by molar-refractivity contribution is 6.32. The molecule has 2 aromatic carbocycles. The number of hydrogen-bond donors (Lipinski definition) is 0. The summed E-state index contributed by atoms with van der Waals surface area (Å²) in [6, 6.07) is 13.5. The minimum atomic E-state index is -0.629. The Morgan fingerprint density at radius 3 is 2.33 bits per heavy atom. The lowest BCUT2D eigenvalue weighted by atomic mass is 10.2. The van der Waals surface area contributed by atoms with E-state index in [4.69, 9.17) is 16.3 Å². The second-order valence-electron chi connectivity index (χ2n) is 6.28. The number of nitro groups is 1. The van der Waals surface area contributed by atoms with Gasteiger partial charge in [-0.3, -0.25) is 14.9 Å². The standard InChI is InChI=1S/C19H20ClN3O4/c1-14(27-18-5-3-2-4-17(18)20)19(24)22-12-10-21(11-13-22)15-6-8-16(9-7-15)23(25)26/h2-9,14H,10-13H2,1H3. The van der Waals surface area contributed by atoms with Gasteiger partial charge in [0.1, 0.15) is 5.75 Å². The molecule has 0 aliphatic carbocycles. The molecule has 0 saturated carbocycles. The number of nitrogens with zero attached hydrogens (tertiary/aromatic N) is 3. The number of piperazine rings is 1. The number of carbonyl (C=O) groups excluding carboxylic acids is 1. The lowest BCUT2D eigenvalue weighted by molar-refractivity contribution is -0.384. The summed E-state index contributed by atoms with van der Waals surface area (Å²) in [6.45, 7) is 4.15. The second-order valence-corrected chi connectivity index (χ2v) is 6.68. The molecule has 1 amide bonds. The van der Waals surface area contributed by atoms with Gasteiger partial charge < -0.3 is 14.5 Å². The van der Waals surface area contributed by atoms with Gasteiger partial charge in [0.15, 0.2) is 6.10 Å². The van der Waals surface area contributed by atoms with Crippen LogP contribution in [-0.2, 0) is 4.79 Å². The van der Waals surface area contributed by atoms with Crippen molar-refractivity contribution >= 4 is 28.9 Å². The van der Waals surface area contributed by atoms with Crippen LogP contribution in [0.15, 0.2) is 48.5 Å². The molecule has 1 aliphatic heterocycles. The second kappa shape index (κ2) is 8.26. The normalized spacial score (nSPS) is 15.3. The molecular formula is C19H20ClN3O4. The molecule has 1 fully saturated rings. The van der Waals surface area contributed by atoms with Crippen LogP contribution in [0, 0.1) is 10.1 Å². The van der Waals surface area contributed by atoms with Crippen LogP contribution >= 0.6 is 11.6 Å². The van der Waals surface area contributed by atoms with Gasteiger partial charge in [-0.25, -0.2) is 0 Å². The Labute approximate surface area is 162 Å². The quantitative estimate of drug-likeness (QED) is 0.579. The number of para-hydroxylation sites is 1. The average Bonchev–Trinajstić information content (AvgIpc) is 2.69. The van der Waals surface area contributed by atoms with Crippen molar-refractivity contribution in [3.63, 3.8) is 0 Å². The molecule has 2 aromatic rings. The van der Waals surface area contributed by atoms with Crippen LogP contribution < -0.4 is 9.64 Å². The van der Waals surface area contributed by atoms with E-state index < -0.39 is 11.0 Å². The zero-order valence-electron chi connectivity index (χ0n) is 14.9. The molecule has 0 aromatic heterocycles. The third-order valence-corrected chi connectivity index (χ3v) is 4.82. The lowest BCUT2D eigenvalue weighted by Crippen LogP contribution is -2.52. The molecule has 7 nitrogen and oxygen atoms in total. The van der Waals surface area contributed by atoms with E-state index >= 15 is 0 Å². The van der Waals surface area contributed by atoms with E-state index in [-0.39, 0.29) is 11.6 Å². The van der Waals surface area contributed by atoms with E-state index in [9.17, 15) is 14.9 Å². The molecule has 1 heterocycles. The van der Waals surface area contributed by atoms with Crippen molar-refractivity contribution in [3.05, 3.63) is 63.7 Å². The van der Waals surface area contributed by atoms with E-state index in [0.717, 1.165) is 5.69 Å². The molecule has 0 radical (unpaired) electrons. The van der Waals surface area contributed by atoms with Crippen molar-refractivity contribution in [1.29, 1.82) is 0 Å². The Kier molecular flexibility index (Phi) is 5.81. The maximum Gasteiger partial charge on any atom is 0.269 e. The van der Waals surface area contributed by atoms with Gasteiger partial charge in [0.2, 0.25) is 0 Å². The average molecular weight is 390 g/mol. The van der Waals surface area contributed by atoms with E-state index in [2.05, 4.69) is 4.90 Å². The number of ether oxygens (including phenoxy) is 1. The largest absolute Gasteiger partial charge is 0.479 e. The van der Waals surface area contributed by atoms with Crippen LogP contribution in [-0.4, -0.2) is 48.0 Å². The van der Waals surface area contributed by atoms with Gasteiger partial charge in [-0.15, -0.1) is 0 Å². The molecule has 142 valence electrons. The van der Waals surface area contributed by atoms with Crippen molar-refractivity contribution in [1.82, 2.24) is 4.90 Å². The van der Waals surface area contributed by atoms with Crippen LogP contribution in [0.1, 0.15) is 6.92 Å². The SMILES string of the molecule is CC(Oc1ccccc1Cl)C(=O)N1CCN(c2ccc([N+](=O)[O-])cc2)CC1. The fourth-order valence-corrected chi connectivity index (χ4v) is 3.19. The Hall–Kier alpha value is -2.80. The van der Waals surface area contributed by atoms with Gasteiger partial charge in [0.05, 0.1) is 9.95 Å². The van der Waals surface area contributed by atoms with Crippen molar-refractivity contribution in [2.45, 2.75) is 13.0 Å². The summed E-state index contributed by atoms with van der Waals surface area (Å²) < 4.78 is 5.71. The molecule has 1 unspecified atom stereocenters. The number of halogens is 1. The summed E-state index contributed by atoms with van der Waals surface area (Å²) in [4.78, 5) is 26.8. The number of rotatable bonds is 5. The zero-order valence-corrected chi connectivity index (χ0v) is 15.6. The predicted molar refractivity (Wildman–Crippen MR) is 103 cm³/mol. The molecular weight excluding hydrogens is 370 g/mol. The lowest BCUT2D eigenvalue weighted by Gasteiger charge is -2.37. The smallest absolute Gasteiger partial charge is 0.269 e. The molecule has 0 spiro atoms. The third kappa shape index (κ3) is 4.49. The van der Waals surface area contributed by atoms with Gasteiger partial charge in [0, 0.05) is 44.0 Å². The molecule has 1 aliphatic rings. The molecule has 0 bridgehead atoms. The van der Waals surface area contributed by atoms with Crippen molar-refractivity contribution in [2.24, 2.45) is 0 Å². The van der Waals surface area contributed by atoms with Crippen molar-refractivity contribution in [3.8, 4) is 5.75 Å². The molecule has 8 heteroatoms. The third-order valence-electron chi connectivity index (χ3n) is 4.51. The number of non-ortho nitro benzene ring substituents is 1.